The first-order chi connectivity index (χ1) is 11.9. The molecule has 6 nitrogen and oxygen atoms in total. The molecule has 1 N–H and O–H groups in total. The second kappa shape index (κ2) is 7.26. The molecule has 0 aliphatic carbocycles. The molecular weight excluding hydrogens is 385 g/mol. The number of aliphatic imine (C=N–C) groups is 1. The van der Waals surface area contributed by atoms with Gasteiger partial charge < -0.3 is 5.32 Å². The van der Waals surface area contributed by atoms with Gasteiger partial charge in [0.15, 0.2) is 5.17 Å². The van der Waals surface area contributed by atoms with Crippen LogP contribution in [0.2, 0.25) is 10.0 Å². The predicted molar refractivity (Wildman–Crippen MR) is 100 cm³/mol. The first-order valence-electron chi connectivity index (χ1n) is 6.92. The van der Waals surface area contributed by atoms with Crippen molar-refractivity contribution in [2.75, 3.05) is 0 Å². The molecule has 0 radical (unpaired) electrons. The molecule has 1 amide bonds. The van der Waals surface area contributed by atoms with Crippen LogP contribution < -0.4 is 5.32 Å². The van der Waals surface area contributed by atoms with Gasteiger partial charge in [0.05, 0.1) is 15.5 Å². The van der Waals surface area contributed by atoms with Crippen molar-refractivity contribution in [3.63, 3.8) is 0 Å². The maximum absolute atomic E-state index is 12.1. The molecule has 0 atom stereocenters. The summed E-state index contributed by atoms with van der Waals surface area (Å²) >= 11 is 13.3. The van der Waals surface area contributed by atoms with E-state index in [1.54, 1.807) is 24.3 Å². The lowest BCUT2D eigenvalue weighted by molar-refractivity contribution is -0.384. The minimum absolute atomic E-state index is 0.0268. The normalized spacial score (nSPS) is 17.1. The molecule has 0 unspecified atom stereocenters. The fraction of sp³-hybridized carbons (Fsp3) is 0. The van der Waals surface area contributed by atoms with E-state index in [9.17, 15) is 14.9 Å². The van der Waals surface area contributed by atoms with Gasteiger partial charge in [0.2, 0.25) is 0 Å². The number of amides is 1. The summed E-state index contributed by atoms with van der Waals surface area (Å²) in [6, 6.07) is 10.8. The lowest BCUT2D eigenvalue weighted by Crippen LogP contribution is -2.19. The van der Waals surface area contributed by atoms with Crippen molar-refractivity contribution in [2.24, 2.45) is 4.99 Å². The van der Waals surface area contributed by atoms with Crippen molar-refractivity contribution < 1.29 is 9.72 Å². The van der Waals surface area contributed by atoms with Gasteiger partial charge in [0.25, 0.3) is 11.6 Å². The van der Waals surface area contributed by atoms with Gasteiger partial charge in [0, 0.05) is 27.7 Å². The van der Waals surface area contributed by atoms with Crippen molar-refractivity contribution in [1.29, 1.82) is 0 Å². The Morgan fingerprint density at radius 2 is 1.76 bits per heavy atom. The van der Waals surface area contributed by atoms with Crippen LogP contribution in [0.25, 0.3) is 6.08 Å². The lowest BCUT2D eigenvalue weighted by Gasteiger charge is -2.01. The highest BCUT2D eigenvalue weighted by molar-refractivity contribution is 8.18. The van der Waals surface area contributed by atoms with E-state index < -0.39 is 4.92 Å². The Labute approximate surface area is 156 Å². The van der Waals surface area contributed by atoms with Gasteiger partial charge in [-0.15, -0.1) is 0 Å². The molecule has 1 aliphatic rings. The van der Waals surface area contributed by atoms with Crippen LogP contribution in [-0.4, -0.2) is 16.0 Å². The smallest absolute Gasteiger partial charge is 0.269 e. The van der Waals surface area contributed by atoms with Gasteiger partial charge in [-0.3, -0.25) is 14.9 Å². The molecule has 0 spiro atoms. The Balaban J connectivity index is 1.85. The van der Waals surface area contributed by atoms with Crippen LogP contribution in [0, 0.1) is 10.1 Å². The Kier molecular flexibility index (Phi) is 5.08. The third kappa shape index (κ3) is 4.01. The number of benzene rings is 2. The zero-order valence-corrected chi connectivity index (χ0v) is 14.7. The molecule has 1 fully saturated rings. The summed E-state index contributed by atoms with van der Waals surface area (Å²) < 4.78 is 0. The summed E-state index contributed by atoms with van der Waals surface area (Å²) in [5, 5.41) is 14.5. The van der Waals surface area contributed by atoms with Gasteiger partial charge >= 0.3 is 0 Å². The molecule has 1 saturated heterocycles. The molecule has 3 rings (SSSR count). The second-order valence-corrected chi connectivity index (χ2v) is 6.74. The van der Waals surface area contributed by atoms with E-state index >= 15 is 0 Å². The highest BCUT2D eigenvalue weighted by Crippen LogP contribution is 2.32. The summed E-state index contributed by atoms with van der Waals surface area (Å²) in [7, 11) is 0. The predicted octanol–water partition coefficient (Wildman–Crippen LogP) is 4.79. The molecule has 1 aliphatic heterocycles. The van der Waals surface area contributed by atoms with Crippen LogP contribution in [0.3, 0.4) is 0 Å². The zero-order chi connectivity index (χ0) is 18.0. The Morgan fingerprint density at radius 3 is 2.36 bits per heavy atom. The van der Waals surface area contributed by atoms with Gasteiger partial charge in [0.1, 0.15) is 0 Å². The SMILES string of the molecule is O=C1NC(=Nc2ccc([N+](=O)[O-])cc2)S/C1=C\c1c(Cl)cccc1Cl. The van der Waals surface area contributed by atoms with E-state index in [2.05, 4.69) is 10.3 Å². The number of halogens is 2. The van der Waals surface area contributed by atoms with Crippen LogP contribution in [0.15, 0.2) is 52.4 Å². The average Bonchev–Trinajstić information content (AvgIpc) is 2.91. The van der Waals surface area contributed by atoms with Crippen LogP contribution in [0.5, 0.6) is 0 Å². The van der Waals surface area contributed by atoms with Gasteiger partial charge in [-0.1, -0.05) is 29.3 Å². The topological polar surface area (TPSA) is 84.6 Å². The quantitative estimate of drug-likeness (QED) is 0.461. The van der Waals surface area contributed by atoms with Crippen molar-refractivity contribution in [3.05, 3.63) is 73.1 Å². The number of thioether (sulfide) groups is 1. The number of amidine groups is 1. The van der Waals surface area contributed by atoms with E-state index in [0.717, 1.165) is 11.8 Å². The maximum Gasteiger partial charge on any atom is 0.269 e. The van der Waals surface area contributed by atoms with Gasteiger partial charge in [-0.2, -0.15) is 0 Å². The van der Waals surface area contributed by atoms with Crippen molar-refractivity contribution in [1.82, 2.24) is 5.32 Å². The average molecular weight is 394 g/mol. The Morgan fingerprint density at radius 1 is 1.12 bits per heavy atom. The van der Waals surface area contributed by atoms with E-state index in [0.29, 0.717) is 31.4 Å². The Bertz CT molecular complexity index is 906. The van der Waals surface area contributed by atoms with E-state index in [-0.39, 0.29) is 11.6 Å². The van der Waals surface area contributed by atoms with Crippen molar-refractivity contribution in [2.45, 2.75) is 0 Å². The van der Waals surface area contributed by atoms with E-state index in [1.165, 1.54) is 24.3 Å². The van der Waals surface area contributed by atoms with E-state index in [4.69, 9.17) is 23.2 Å². The number of non-ortho nitro benzene ring substituents is 1. The molecule has 2 aromatic rings. The molecule has 25 heavy (non-hydrogen) atoms. The molecular formula is C16H9Cl2N3O3S. The van der Waals surface area contributed by atoms with Crippen molar-refractivity contribution in [3.8, 4) is 0 Å². The summed E-state index contributed by atoms with van der Waals surface area (Å²) in [6.45, 7) is 0. The zero-order valence-electron chi connectivity index (χ0n) is 12.4. The second-order valence-electron chi connectivity index (χ2n) is 4.89. The first kappa shape index (κ1) is 17.5. The number of hydrogen-bond donors (Lipinski definition) is 1. The fourth-order valence-corrected chi connectivity index (χ4v) is 3.36. The first-order valence-corrected chi connectivity index (χ1v) is 8.49. The summed E-state index contributed by atoms with van der Waals surface area (Å²) in [4.78, 5) is 26.9. The van der Waals surface area contributed by atoms with Crippen molar-refractivity contribution >= 4 is 63.5 Å². The molecule has 1 heterocycles. The third-order valence-corrected chi connectivity index (χ3v) is 4.79. The van der Waals surface area contributed by atoms with Gasteiger partial charge in [-0.25, -0.2) is 4.99 Å². The standard InChI is InChI=1S/C16H9Cl2N3O3S/c17-12-2-1-3-13(18)11(12)8-14-15(22)20-16(25-14)19-9-4-6-10(7-5-9)21(23)24/h1-8H,(H,19,20,22)/b14-8-. The largest absolute Gasteiger partial charge is 0.300 e. The minimum Gasteiger partial charge on any atom is -0.300 e. The Hall–Kier alpha value is -2.35. The van der Waals surface area contributed by atoms with Crippen LogP contribution >= 0.6 is 35.0 Å². The molecule has 9 heteroatoms. The van der Waals surface area contributed by atoms with Gasteiger partial charge in [-0.05, 0) is 42.1 Å². The lowest BCUT2D eigenvalue weighted by atomic mass is 10.2. The fourth-order valence-electron chi connectivity index (χ4n) is 2.03. The molecule has 0 aromatic heterocycles. The molecule has 0 saturated carbocycles. The highest BCUT2D eigenvalue weighted by atomic mass is 35.5. The number of carbonyl (C=O) groups is 1. The minimum atomic E-state index is -0.489. The van der Waals surface area contributed by atoms with Crippen LogP contribution in [0.4, 0.5) is 11.4 Å². The number of rotatable bonds is 3. The summed E-state index contributed by atoms with van der Waals surface area (Å²) in [5.41, 5.74) is 1.02. The number of nitro benzene ring substituents is 1. The molecule has 126 valence electrons. The van der Waals surface area contributed by atoms with Crippen LogP contribution in [0.1, 0.15) is 5.56 Å². The number of nitrogens with one attached hydrogen (secondary N) is 1. The number of nitro groups is 1. The molecule has 2 aromatic carbocycles. The number of nitrogens with zero attached hydrogens (tertiary/aromatic N) is 2. The number of hydrogen-bond acceptors (Lipinski definition) is 5. The summed E-state index contributed by atoms with van der Waals surface area (Å²) in [6.07, 6.45) is 1.60. The molecule has 0 bridgehead atoms. The number of carbonyl (C=O) groups excluding carboxylic acids is 1. The monoisotopic (exact) mass is 393 g/mol. The maximum atomic E-state index is 12.1. The summed E-state index contributed by atoms with van der Waals surface area (Å²) in [5.74, 6) is -0.318. The van der Waals surface area contributed by atoms with E-state index in [1.807, 2.05) is 0 Å². The third-order valence-electron chi connectivity index (χ3n) is 3.22. The highest BCUT2D eigenvalue weighted by Gasteiger charge is 2.24. The van der Waals surface area contributed by atoms with Crippen LogP contribution in [-0.2, 0) is 4.79 Å².